The van der Waals surface area contributed by atoms with Gasteiger partial charge in [0.05, 0.1) is 6.54 Å². The lowest BCUT2D eigenvalue weighted by Gasteiger charge is -2.02. The van der Waals surface area contributed by atoms with Gasteiger partial charge in [-0.05, 0) is 56.2 Å². The summed E-state index contributed by atoms with van der Waals surface area (Å²) in [7, 11) is 0. The van der Waals surface area contributed by atoms with Crippen molar-refractivity contribution in [1.82, 2.24) is 5.32 Å². The molecule has 11 N–H and O–H groups in total. The summed E-state index contributed by atoms with van der Waals surface area (Å²) in [6.07, 6.45) is 6.74. The molecule has 14 heteroatoms. The molecular formula is C17H36N4O8S2. The van der Waals surface area contributed by atoms with Gasteiger partial charge in [-0.15, -0.1) is 0 Å². The molecule has 12 nitrogen and oxygen atoms in total. The van der Waals surface area contributed by atoms with E-state index in [1.54, 1.807) is 23.5 Å². The summed E-state index contributed by atoms with van der Waals surface area (Å²) in [6.45, 7) is 0.580. The highest BCUT2D eigenvalue weighted by Gasteiger charge is 2.20. The fourth-order valence-corrected chi connectivity index (χ4v) is 2.61. The summed E-state index contributed by atoms with van der Waals surface area (Å²) >= 11 is 3.21. The fraction of sp³-hybridized carbons (Fsp3) is 0.765. The zero-order valence-corrected chi connectivity index (χ0v) is 19.5. The van der Waals surface area contributed by atoms with E-state index in [2.05, 4.69) is 11.1 Å². The highest BCUT2D eigenvalue weighted by Crippen LogP contribution is 2.03. The van der Waals surface area contributed by atoms with Crippen molar-refractivity contribution in [3.8, 4) is 0 Å². The number of hydrogen-bond donors (Lipinski definition) is 8. The predicted octanol–water partition coefficient (Wildman–Crippen LogP) is -0.844. The molecule has 1 heterocycles. The van der Waals surface area contributed by atoms with Crippen molar-refractivity contribution < 1.29 is 39.6 Å². The maximum atomic E-state index is 10.1. The van der Waals surface area contributed by atoms with Crippen molar-refractivity contribution in [1.29, 1.82) is 0 Å². The van der Waals surface area contributed by atoms with Gasteiger partial charge in [-0.1, -0.05) is 0 Å². The molecule has 1 aliphatic rings. The van der Waals surface area contributed by atoms with Crippen LogP contribution < -0.4 is 22.5 Å². The molecule has 0 radical (unpaired) electrons. The van der Waals surface area contributed by atoms with Gasteiger partial charge in [-0.2, -0.15) is 23.5 Å². The number of carbonyl (C=O) groups is 4. The van der Waals surface area contributed by atoms with Crippen LogP contribution in [0.2, 0.25) is 0 Å². The largest absolute Gasteiger partial charge is 0.480 e. The van der Waals surface area contributed by atoms with E-state index in [1.165, 1.54) is 0 Å². The second-order valence-corrected chi connectivity index (χ2v) is 8.01. The maximum absolute atomic E-state index is 10.1. The molecule has 0 saturated carbocycles. The minimum Gasteiger partial charge on any atom is -0.480 e. The van der Waals surface area contributed by atoms with Crippen molar-refractivity contribution >= 4 is 47.4 Å². The van der Waals surface area contributed by atoms with E-state index in [1.807, 2.05) is 12.5 Å². The smallest absolute Gasteiger partial charge is 0.320 e. The van der Waals surface area contributed by atoms with Crippen LogP contribution in [0.4, 0.5) is 0 Å². The van der Waals surface area contributed by atoms with E-state index in [0.717, 1.165) is 30.9 Å². The monoisotopic (exact) mass is 488 g/mol. The summed E-state index contributed by atoms with van der Waals surface area (Å²) in [5.74, 6) is -1.89. The third kappa shape index (κ3) is 26.4. The van der Waals surface area contributed by atoms with E-state index >= 15 is 0 Å². The van der Waals surface area contributed by atoms with Gasteiger partial charge in [-0.3, -0.25) is 19.2 Å². The lowest BCUT2D eigenvalue weighted by atomic mass is 10.2. The van der Waals surface area contributed by atoms with Gasteiger partial charge < -0.3 is 42.9 Å². The van der Waals surface area contributed by atoms with Crippen LogP contribution in [0.25, 0.3) is 0 Å². The highest BCUT2D eigenvalue weighted by molar-refractivity contribution is 7.98. The number of rotatable bonds is 10. The molecule has 31 heavy (non-hydrogen) atoms. The molecule has 0 aromatic carbocycles. The molecule has 0 aliphatic carbocycles. The molecule has 0 aromatic heterocycles. The third-order valence-corrected chi connectivity index (χ3v) is 4.72. The Morgan fingerprint density at radius 1 is 0.935 bits per heavy atom. The first kappa shape index (κ1) is 34.0. The number of aliphatic carboxylic acids is 4. The Kier molecular flexibility index (Phi) is 25.4. The van der Waals surface area contributed by atoms with Crippen molar-refractivity contribution in [2.45, 2.75) is 43.8 Å². The molecule has 3 atom stereocenters. The molecule has 1 rings (SSSR count). The zero-order valence-electron chi connectivity index (χ0n) is 17.9. The molecule has 0 amide bonds. The summed E-state index contributed by atoms with van der Waals surface area (Å²) in [4.78, 5) is 39.5. The average molecular weight is 489 g/mol. The molecule has 1 saturated heterocycles. The zero-order chi connectivity index (χ0) is 24.8. The minimum atomic E-state index is -0.968. The van der Waals surface area contributed by atoms with Gasteiger partial charge >= 0.3 is 23.9 Å². The first-order chi connectivity index (χ1) is 14.4. The Balaban J connectivity index is -0.000000344. The SMILES string of the molecule is CSCC[C@H](N)C(=O)O.CSCC[C@H](N)C(=O)O.NCC(=O)O.O=C(O)[C@@H]1CCCN1. The van der Waals surface area contributed by atoms with Crippen LogP contribution in [0, 0.1) is 0 Å². The van der Waals surface area contributed by atoms with E-state index in [9.17, 15) is 19.2 Å². The number of thioether (sulfide) groups is 2. The van der Waals surface area contributed by atoms with Crippen LogP contribution in [0.5, 0.6) is 0 Å². The molecule has 184 valence electrons. The molecule has 0 unspecified atom stereocenters. The standard InChI is InChI=1S/2C5H11NO2S.C5H9NO2.C2H5NO2/c2*1-9-3-2-4(6)5(7)8;7-5(8)4-2-1-3-6-4;3-1-2(4)5/h2*4H,2-3,6H2,1H3,(H,7,8);4,6H,1-3H2,(H,7,8);1,3H2,(H,4,5)/t3*4-;/m000./s1. The number of nitrogens with two attached hydrogens (primary N) is 3. The molecule has 0 spiro atoms. The first-order valence-electron chi connectivity index (χ1n) is 9.27. The van der Waals surface area contributed by atoms with Crippen molar-refractivity contribution in [2.75, 3.05) is 37.1 Å². The third-order valence-electron chi connectivity index (χ3n) is 3.43. The Morgan fingerprint density at radius 3 is 1.48 bits per heavy atom. The fourth-order valence-electron chi connectivity index (χ4n) is 1.63. The lowest BCUT2D eigenvalue weighted by molar-refractivity contribution is -0.139. The maximum Gasteiger partial charge on any atom is 0.320 e. The molecule has 0 bridgehead atoms. The van der Waals surface area contributed by atoms with Crippen molar-refractivity contribution in [3.63, 3.8) is 0 Å². The van der Waals surface area contributed by atoms with Crippen LogP contribution in [-0.2, 0) is 19.2 Å². The van der Waals surface area contributed by atoms with Gasteiger partial charge in [-0.25, -0.2) is 0 Å². The predicted molar refractivity (Wildman–Crippen MR) is 123 cm³/mol. The Morgan fingerprint density at radius 2 is 1.32 bits per heavy atom. The van der Waals surface area contributed by atoms with Crippen LogP contribution >= 0.6 is 23.5 Å². The van der Waals surface area contributed by atoms with Gasteiger partial charge in [0.25, 0.3) is 0 Å². The van der Waals surface area contributed by atoms with Crippen LogP contribution in [0.3, 0.4) is 0 Å². The van der Waals surface area contributed by atoms with Crippen LogP contribution in [0.1, 0.15) is 25.7 Å². The topological polar surface area (TPSA) is 239 Å². The average Bonchev–Trinajstić information content (AvgIpc) is 3.26. The van der Waals surface area contributed by atoms with E-state index < -0.39 is 36.0 Å². The van der Waals surface area contributed by atoms with Crippen molar-refractivity contribution in [3.05, 3.63) is 0 Å². The molecule has 1 aliphatic heterocycles. The van der Waals surface area contributed by atoms with E-state index in [4.69, 9.17) is 31.9 Å². The van der Waals surface area contributed by atoms with Crippen molar-refractivity contribution in [2.24, 2.45) is 17.2 Å². The second kappa shape index (κ2) is 23.1. The second-order valence-electron chi connectivity index (χ2n) is 6.04. The van der Waals surface area contributed by atoms with E-state index in [0.29, 0.717) is 12.8 Å². The van der Waals surface area contributed by atoms with Gasteiger partial charge in [0.2, 0.25) is 0 Å². The summed E-state index contributed by atoms with van der Waals surface area (Å²) < 4.78 is 0. The molecular weight excluding hydrogens is 452 g/mol. The molecule has 0 aromatic rings. The van der Waals surface area contributed by atoms with E-state index in [-0.39, 0.29) is 12.6 Å². The number of nitrogens with one attached hydrogen (secondary N) is 1. The van der Waals surface area contributed by atoms with Gasteiger partial charge in [0.15, 0.2) is 0 Å². The van der Waals surface area contributed by atoms with Gasteiger partial charge in [0, 0.05) is 0 Å². The normalized spacial score (nSPS) is 16.1. The summed E-state index contributed by atoms with van der Waals surface area (Å²) in [5, 5.41) is 35.4. The Labute approximate surface area is 190 Å². The Bertz CT molecular complexity index is 485. The lowest BCUT2D eigenvalue weighted by Crippen LogP contribution is -2.30. The van der Waals surface area contributed by atoms with Crippen LogP contribution in [0.15, 0.2) is 0 Å². The van der Waals surface area contributed by atoms with Gasteiger partial charge in [0.1, 0.15) is 18.1 Å². The number of carboxylic acids is 4. The highest BCUT2D eigenvalue weighted by atomic mass is 32.2. The minimum absolute atomic E-state index is 0.269. The summed E-state index contributed by atoms with van der Waals surface area (Å²) in [6, 6.07) is -1.63. The summed E-state index contributed by atoms with van der Waals surface area (Å²) in [5.41, 5.74) is 15.0. The number of hydrogen-bond acceptors (Lipinski definition) is 10. The van der Waals surface area contributed by atoms with Crippen LogP contribution in [-0.4, -0.2) is 99.5 Å². The number of carboxylic acid groups (broad SMARTS) is 4. The Hall–Kier alpha value is -1.58. The first-order valence-corrected chi connectivity index (χ1v) is 12.1. The quantitative estimate of drug-likeness (QED) is 0.187. The molecule has 1 fully saturated rings.